The van der Waals surface area contributed by atoms with E-state index in [4.69, 9.17) is 10.00 Å². The zero-order valence-electron chi connectivity index (χ0n) is 23.4. The molecule has 2 N–H and O–H groups in total. The summed E-state index contributed by atoms with van der Waals surface area (Å²) in [7, 11) is 0. The van der Waals surface area contributed by atoms with E-state index in [1.807, 2.05) is 29.2 Å². The summed E-state index contributed by atoms with van der Waals surface area (Å²) < 4.78 is 47.9. The molecule has 0 bridgehead atoms. The highest BCUT2D eigenvalue weighted by atomic mass is 19.4. The number of nitriles is 1. The number of pyridine rings is 1. The fourth-order valence-corrected chi connectivity index (χ4v) is 5.93. The largest absolute Gasteiger partial charge is 0.461 e. The van der Waals surface area contributed by atoms with Crippen molar-refractivity contribution in [3.8, 4) is 12.1 Å². The molecule has 228 valence electrons. The minimum Gasteiger partial charge on any atom is -0.461 e. The van der Waals surface area contributed by atoms with E-state index in [-0.39, 0.29) is 37.3 Å². The third-order valence-corrected chi connectivity index (χ3v) is 8.13. The first-order valence-electron chi connectivity index (χ1n) is 14.0. The van der Waals surface area contributed by atoms with Crippen molar-refractivity contribution in [2.75, 3.05) is 44.2 Å². The van der Waals surface area contributed by atoms with Crippen LogP contribution >= 0.6 is 0 Å². The highest BCUT2D eigenvalue weighted by Crippen LogP contribution is 2.41. The van der Waals surface area contributed by atoms with Crippen LogP contribution in [-0.2, 0) is 11.3 Å². The lowest BCUT2D eigenvalue weighted by Gasteiger charge is -2.40. The van der Waals surface area contributed by atoms with Gasteiger partial charge in [0, 0.05) is 57.7 Å². The number of hydrogen-bond donors (Lipinski definition) is 2. The van der Waals surface area contributed by atoms with Crippen LogP contribution < -0.4 is 20.5 Å². The number of amides is 2. The van der Waals surface area contributed by atoms with E-state index in [1.165, 1.54) is 18.5 Å². The maximum Gasteiger partial charge on any atom is 0.402 e. The van der Waals surface area contributed by atoms with Gasteiger partial charge in [0.2, 0.25) is 5.91 Å². The summed E-state index contributed by atoms with van der Waals surface area (Å²) in [5.74, 6) is -2.92. The smallest absolute Gasteiger partial charge is 0.402 e. The average Bonchev–Trinajstić information content (AvgIpc) is 3.41. The van der Waals surface area contributed by atoms with Gasteiger partial charge in [0.25, 0.3) is 5.91 Å². The van der Waals surface area contributed by atoms with Crippen LogP contribution in [0.15, 0.2) is 54.9 Å². The van der Waals surface area contributed by atoms with E-state index < -0.39 is 30.1 Å². The van der Waals surface area contributed by atoms with Gasteiger partial charge in [-0.25, -0.2) is 15.4 Å². The van der Waals surface area contributed by atoms with Gasteiger partial charge in [-0.05, 0) is 29.3 Å². The second-order valence-electron chi connectivity index (χ2n) is 10.7. The molecule has 44 heavy (non-hydrogen) atoms. The van der Waals surface area contributed by atoms with Gasteiger partial charge >= 0.3 is 12.2 Å². The number of halogens is 3. The number of ether oxygens (including phenoxy) is 1. The van der Waals surface area contributed by atoms with Crippen molar-refractivity contribution < 1.29 is 27.5 Å². The number of hydrogen-bond acceptors (Lipinski definition) is 10. The van der Waals surface area contributed by atoms with Gasteiger partial charge in [-0.3, -0.25) is 19.9 Å². The Bertz CT molecular complexity index is 1570. The predicted molar refractivity (Wildman–Crippen MR) is 149 cm³/mol. The number of aromatic nitrogens is 3. The molecule has 2 amide bonds. The highest BCUT2D eigenvalue weighted by Gasteiger charge is 2.55. The highest BCUT2D eigenvalue weighted by molar-refractivity contribution is 5.92. The molecule has 1 aromatic carbocycles. The number of nitrogens with one attached hydrogen (secondary N) is 2. The number of carbonyl (C=O) groups excluding carboxylic acids is 2. The van der Waals surface area contributed by atoms with Gasteiger partial charge in [0.05, 0.1) is 11.6 Å². The van der Waals surface area contributed by atoms with Gasteiger partial charge in [0.1, 0.15) is 24.2 Å². The number of rotatable bonds is 6. The summed E-state index contributed by atoms with van der Waals surface area (Å²) >= 11 is 0. The minimum atomic E-state index is -4.74. The Morgan fingerprint density at radius 1 is 1.09 bits per heavy atom. The standard InChI is InChI=1S/C29H28F3N9O3/c30-29(31,32)25-22(15-36-38-26(25)42)41-16-19-3-1-2-4-20(19)23(41)17-44-28-34-8-7-21(37-28)27(43)40-11-9-39(10-12-40)24-6-5-18(13-33)14-35-24/h1-8,14,22-23,25,36H,9-12,15-17H2,(H,38,42)/t22?,23-,25?/m0/s1. The summed E-state index contributed by atoms with van der Waals surface area (Å²) in [6, 6.07) is 12.4. The fourth-order valence-electron chi connectivity index (χ4n) is 5.93. The Kier molecular flexibility index (Phi) is 8.02. The van der Waals surface area contributed by atoms with Gasteiger partial charge in [-0.15, -0.1) is 0 Å². The van der Waals surface area contributed by atoms with Crippen LogP contribution in [0.2, 0.25) is 0 Å². The Morgan fingerprint density at radius 3 is 2.61 bits per heavy atom. The number of piperazine rings is 1. The summed E-state index contributed by atoms with van der Waals surface area (Å²) in [4.78, 5) is 43.6. The van der Waals surface area contributed by atoms with Crippen molar-refractivity contribution in [1.29, 1.82) is 5.26 Å². The van der Waals surface area contributed by atoms with Crippen LogP contribution in [0.5, 0.6) is 6.01 Å². The molecule has 6 rings (SSSR count). The van der Waals surface area contributed by atoms with E-state index >= 15 is 0 Å². The summed E-state index contributed by atoms with van der Waals surface area (Å²) in [6.45, 7) is 1.96. The molecule has 5 heterocycles. The number of benzene rings is 1. The van der Waals surface area contributed by atoms with E-state index in [2.05, 4.69) is 25.8 Å². The maximum absolute atomic E-state index is 14.0. The number of alkyl halides is 3. The lowest BCUT2D eigenvalue weighted by atomic mass is 9.94. The molecule has 3 aliphatic rings. The Labute approximate surface area is 250 Å². The Hall–Kier alpha value is -4.81. The lowest BCUT2D eigenvalue weighted by molar-refractivity contribution is -0.202. The Balaban J connectivity index is 1.13. The van der Waals surface area contributed by atoms with Gasteiger partial charge < -0.3 is 14.5 Å². The molecule has 0 spiro atoms. The normalized spacial score (nSPS) is 22.2. The molecule has 0 saturated carbocycles. The summed E-state index contributed by atoms with van der Waals surface area (Å²) in [6.07, 6.45) is -1.82. The number of hydrazine groups is 1. The summed E-state index contributed by atoms with van der Waals surface area (Å²) in [5, 5.41) is 8.98. The van der Waals surface area contributed by atoms with E-state index in [9.17, 15) is 22.8 Å². The van der Waals surface area contributed by atoms with Crippen molar-refractivity contribution in [2.24, 2.45) is 5.92 Å². The second-order valence-corrected chi connectivity index (χ2v) is 10.7. The van der Waals surface area contributed by atoms with Crippen LogP contribution in [0.1, 0.15) is 33.2 Å². The first kappa shape index (κ1) is 29.3. The van der Waals surface area contributed by atoms with E-state index in [0.29, 0.717) is 31.7 Å². The van der Waals surface area contributed by atoms with Crippen molar-refractivity contribution in [3.05, 3.63) is 77.2 Å². The lowest BCUT2D eigenvalue weighted by Crippen LogP contribution is -2.64. The molecule has 2 aromatic heterocycles. The average molecular weight is 608 g/mol. The summed E-state index contributed by atoms with van der Waals surface area (Å²) in [5.41, 5.74) is 6.93. The van der Waals surface area contributed by atoms with Gasteiger partial charge in [-0.2, -0.15) is 23.4 Å². The molecular weight excluding hydrogens is 579 g/mol. The third kappa shape index (κ3) is 5.86. The zero-order valence-corrected chi connectivity index (χ0v) is 23.4. The topological polar surface area (TPSA) is 140 Å². The molecule has 3 aromatic rings. The van der Waals surface area contributed by atoms with Crippen LogP contribution in [0, 0.1) is 17.2 Å². The number of anilines is 1. The predicted octanol–water partition coefficient (Wildman–Crippen LogP) is 1.82. The molecule has 2 saturated heterocycles. The molecule has 0 aliphatic carbocycles. The molecular formula is C29H28F3N9O3. The minimum absolute atomic E-state index is 0.0764. The quantitative estimate of drug-likeness (QED) is 0.427. The van der Waals surface area contributed by atoms with Gasteiger partial charge in [-0.1, -0.05) is 24.3 Å². The molecule has 3 aliphatic heterocycles. The third-order valence-electron chi connectivity index (χ3n) is 8.13. The molecule has 15 heteroatoms. The second kappa shape index (κ2) is 12.1. The maximum atomic E-state index is 14.0. The van der Waals surface area contributed by atoms with Gasteiger partial charge in [0.15, 0.2) is 5.92 Å². The number of carbonyl (C=O) groups is 2. The monoisotopic (exact) mass is 607 g/mol. The van der Waals surface area contributed by atoms with Crippen LogP contribution in [0.3, 0.4) is 0 Å². The van der Waals surface area contributed by atoms with Crippen LogP contribution in [0.25, 0.3) is 0 Å². The van der Waals surface area contributed by atoms with Crippen molar-refractivity contribution in [3.63, 3.8) is 0 Å². The first-order chi connectivity index (χ1) is 21.2. The number of fused-ring (bicyclic) bond motifs is 1. The zero-order chi connectivity index (χ0) is 30.8. The van der Waals surface area contributed by atoms with Crippen molar-refractivity contribution >= 4 is 17.6 Å². The fraction of sp³-hybridized carbons (Fsp3) is 0.379. The molecule has 12 nitrogen and oxygen atoms in total. The van der Waals surface area contributed by atoms with Crippen LogP contribution in [0.4, 0.5) is 19.0 Å². The number of nitrogens with zero attached hydrogens (tertiary/aromatic N) is 7. The SMILES string of the molecule is N#Cc1ccc(N2CCN(C(=O)c3ccnc(OC[C@H]4c5ccccc5CN4C4CNNC(=O)C4C(F)(F)F)n3)CC2)nc1. The van der Waals surface area contributed by atoms with Crippen molar-refractivity contribution in [2.45, 2.75) is 24.8 Å². The molecule has 0 radical (unpaired) electrons. The van der Waals surface area contributed by atoms with E-state index in [0.717, 1.165) is 16.9 Å². The molecule has 3 atom stereocenters. The Morgan fingerprint density at radius 2 is 1.89 bits per heavy atom. The van der Waals surface area contributed by atoms with E-state index in [1.54, 1.807) is 28.0 Å². The first-order valence-corrected chi connectivity index (χ1v) is 14.0. The molecule has 2 unspecified atom stereocenters. The molecule has 2 fully saturated rings. The van der Waals surface area contributed by atoms with Crippen molar-refractivity contribution in [1.82, 2.24) is 35.6 Å². The van der Waals surface area contributed by atoms with Crippen LogP contribution in [-0.4, -0.2) is 88.1 Å².